The van der Waals surface area contributed by atoms with E-state index in [1.807, 2.05) is 0 Å². The van der Waals surface area contributed by atoms with Crippen LogP contribution in [0.4, 0.5) is 0 Å². The average Bonchev–Trinajstić information content (AvgIpc) is 3.21. The number of fused-ring (bicyclic) bond motifs is 5. The molecule has 2 heteroatoms. The van der Waals surface area contributed by atoms with Crippen LogP contribution in [-0.4, -0.2) is 16.5 Å². The summed E-state index contributed by atoms with van der Waals surface area (Å²) in [5.41, 5.74) is 2.41. The number of hydrogen-bond acceptors (Lipinski definition) is 2. The Morgan fingerprint density at radius 2 is 1.68 bits per heavy atom. The molecule has 0 aliphatic heterocycles. The molecule has 1 nitrogen and oxygen atoms in total. The minimum atomic E-state index is -0.160. The van der Waals surface area contributed by atoms with E-state index in [4.69, 9.17) is 12.6 Å². The molecule has 0 saturated heterocycles. The summed E-state index contributed by atoms with van der Waals surface area (Å²) in [4.78, 5) is 0. The normalized spacial score (nSPS) is 41.1. The Labute approximate surface area is 236 Å². The molecule has 0 aromatic rings. The smallest absolute Gasteiger partial charge is 0.0580 e. The van der Waals surface area contributed by atoms with Crippen molar-refractivity contribution < 1.29 is 5.11 Å². The van der Waals surface area contributed by atoms with Gasteiger partial charge in [0, 0.05) is 5.25 Å². The van der Waals surface area contributed by atoms with Gasteiger partial charge in [0.15, 0.2) is 0 Å². The summed E-state index contributed by atoms with van der Waals surface area (Å²) in [5, 5.41) is 11.4. The number of thiol groups is 1. The maximum absolute atomic E-state index is 10.9. The summed E-state index contributed by atoms with van der Waals surface area (Å²) in [5.74, 6) is 5.72. The monoisotopic (exact) mass is 530 g/mol. The van der Waals surface area contributed by atoms with Crippen LogP contribution in [0.3, 0.4) is 0 Å². The highest BCUT2D eigenvalue weighted by Crippen LogP contribution is 2.68. The molecule has 4 aliphatic rings. The van der Waals surface area contributed by atoms with Gasteiger partial charge >= 0.3 is 0 Å². The molecule has 4 aliphatic carbocycles. The van der Waals surface area contributed by atoms with Gasteiger partial charge in [-0.25, -0.2) is 0 Å². The summed E-state index contributed by atoms with van der Waals surface area (Å²) in [6.45, 7) is 15.0. The van der Waals surface area contributed by atoms with E-state index in [9.17, 15) is 5.11 Å². The first-order valence-electron chi connectivity index (χ1n) is 16.7. The lowest BCUT2D eigenvalue weighted by Crippen LogP contribution is -2.55. The molecule has 10 atom stereocenters. The maximum Gasteiger partial charge on any atom is 0.0580 e. The Kier molecular flexibility index (Phi) is 10.3. The van der Waals surface area contributed by atoms with Gasteiger partial charge < -0.3 is 5.11 Å². The Bertz CT molecular complexity index is 758. The summed E-state index contributed by atoms with van der Waals surface area (Å²) in [6.07, 6.45) is 23.6. The largest absolute Gasteiger partial charge is 0.393 e. The van der Waals surface area contributed by atoms with E-state index in [-0.39, 0.29) is 11.5 Å². The molecule has 0 amide bonds. The van der Waals surface area contributed by atoms with Crippen molar-refractivity contribution in [1.82, 2.24) is 0 Å². The topological polar surface area (TPSA) is 20.2 Å². The average molecular weight is 531 g/mol. The van der Waals surface area contributed by atoms with Crippen LogP contribution in [0.15, 0.2) is 11.6 Å². The van der Waals surface area contributed by atoms with Crippen molar-refractivity contribution in [3.8, 4) is 0 Å². The Hall–Kier alpha value is 0.0500. The van der Waals surface area contributed by atoms with Crippen LogP contribution in [-0.2, 0) is 0 Å². The number of hydrogen-bond donors (Lipinski definition) is 2. The van der Waals surface area contributed by atoms with Crippen LogP contribution in [0.2, 0.25) is 0 Å². The SMILES string of the molecule is CCCCCCCC(S)C1C[C@H](O)CC2=CC[C@H]3[C@@H]4CC[C@H]([C@H](C)CCCC(C)C)[C@@]4(C)CC[C@@H]3[C@@]21C. The second-order valence-electron chi connectivity index (χ2n) is 15.1. The van der Waals surface area contributed by atoms with E-state index in [1.54, 1.807) is 5.57 Å². The summed E-state index contributed by atoms with van der Waals surface area (Å²) < 4.78 is 0. The minimum Gasteiger partial charge on any atom is -0.393 e. The zero-order chi connectivity index (χ0) is 26.8. The van der Waals surface area contributed by atoms with Crippen LogP contribution in [0.25, 0.3) is 0 Å². The van der Waals surface area contributed by atoms with Crippen LogP contribution in [0, 0.1) is 52.3 Å². The number of aliphatic hydroxyl groups excluding tert-OH is 1. The quantitative estimate of drug-likeness (QED) is 0.146. The maximum atomic E-state index is 10.9. The number of unbranched alkanes of at least 4 members (excludes halogenated alkanes) is 4. The first-order valence-corrected chi connectivity index (χ1v) is 17.2. The molecule has 37 heavy (non-hydrogen) atoms. The van der Waals surface area contributed by atoms with Crippen LogP contribution in [0.5, 0.6) is 0 Å². The highest BCUT2D eigenvalue weighted by atomic mass is 32.1. The fourth-order valence-electron chi connectivity index (χ4n) is 10.5. The van der Waals surface area contributed by atoms with Gasteiger partial charge in [-0.15, -0.1) is 0 Å². The Morgan fingerprint density at radius 1 is 0.919 bits per heavy atom. The lowest BCUT2D eigenvalue weighted by atomic mass is 9.44. The molecular weight excluding hydrogens is 468 g/mol. The van der Waals surface area contributed by atoms with Crippen LogP contribution in [0.1, 0.15) is 144 Å². The molecule has 0 spiro atoms. The first-order chi connectivity index (χ1) is 17.6. The highest BCUT2D eigenvalue weighted by Gasteiger charge is 2.61. The summed E-state index contributed by atoms with van der Waals surface area (Å²) >= 11 is 5.31. The van der Waals surface area contributed by atoms with Gasteiger partial charge in [0.25, 0.3) is 0 Å². The van der Waals surface area contributed by atoms with E-state index < -0.39 is 0 Å². The first kappa shape index (κ1) is 30.0. The molecule has 0 bridgehead atoms. The van der Waals surface area contributed by atoms with E-state index in [0.717, 1.165) is 48.3 Å². The molecule has 1 N–H and O–H groups in total. The zero-order valence-electron chi connectivity index (χ0n) is 25.5. The lowest BCUT2D eigenvalue weighted by Gasteiger charge is -2.61. The van der Waals surface area contributed by atoms with Gasteiger partial charge in [-0.3, -0.25) is 0 Å². The number of rotatable bonds is 12. The van der Waals surface area contributed by atoms with Crippen molar-refractivity contribution >= 4 is 12.6 Å². The standard InChI is InChI=1S/C35H62OS/c1-7-8-9-10-11-15-33(37)32-23-27(36)22-26-16-17-28-30-19-18-29(25(4)14-12-13-24(2)3)34(30,5)21-20-31(28)35(26,32)6/h16,24-25,27-33,36-37H,7-15,17-23H2,1-6H3/t25-,27-,28+,29-,30+,31+,32?,33?,34-,35-/m1/s1. The molecule has 4 rings (SSSR count). The fourth-order valence-corrected chi connectivity index (χ4v) is 11.1. The van der Waals surface area contributed by atoms with Crippen molar-refractivity contribution in [3.05, 3.63) is 11.6 Å². The zero-order valence-corrected chi connectivity index (χ0v) is 26.4. The van der Waals surface area contributed by atoms with E-state index in [0.29, 0.717) is 16.6 Å². The Balaban J connectivity index is 1.49. The van der Waals surface area contributed by atoms with Crippen LogP contribution < -0.4 is 0 Å². The van der Waals surface area contributed by atoms with Gasteiger partial charge in [0.1, 0.15) is 0 Å². The van der Waals surface area contributed by atoms with Crippen LogP contribution >= 0.6 is 12.6 Å². The van der Waals surface area contributed by atoms with E-state index >= 15 is 0 Å². The third-order valence-corrected chi connectivity index (χ3v) is 13.2. The number of aliphatic hydroxyl groups is 1. The van der Waals surface area contributed by atoms with Crippen molar-refractivity contribution in [2.24, 2.45) is 52.3 Å². The molecule has 0 aromatic heterocycles. The van der Waals surface area contributed by atoms with Gasteiger partial charge in [-0.1, -0.05) is 105 Å². The second-order valence-corrected chi connectivity index (χ2v) is 15.8. The fraction of sp³-hybridized carbons (Fsp3) is 0.943. The molecule has 2 unspecified atom stereocenters. The summed E-state index contributed by atoms with van der Waals surface area (Å²) in [7, 11) is 0. The predicted molar refractivity (Wildman–Crippen MR) is 164 cm³/mol. The van der Waals surface area contributed by atoms with E-state index in [2.05, 4.69) is 47.6 Å². The van der Waals surface area contributed by atoms with Gasteiger partial charge in [0.2, 0.25) is 0 Å². The molecular formula is C35H62OS. The van der Waals surface area contributed by atoms with Gasteiger partial charge in [-0.2, -0.15) is 12.6 Å². The highest BCUT2D eigenvalue weighted by molar-refractivity contribution is 7.81. The molecule has 3 saturated carbocycles. The van der Waals surface area contributed by atoms with Crippen molar-refractivity contribution in [1.29, 1.82) is 0 Å². The van der Waals surface area contributed by atoms with Crippen molar-refractivity contribution in [3.63, 3.8) is 0 Å². The second kappa shape index (κ2) is 12.7. The third-order valence-electron chi connectivity index (χ3n) is 12.6. The molecule has 0 radical (unpaired) electrons. The van der Waals surface area contributed by atoms with Crippen molar-refractivity contribution in [2.45, 2.75) is 156 Å². The van der Waals surface area contributed by atoms with Gasteiger partial charge in [-0.05, 0) is 104 Å². The third kappa shape index (κ3) is 6.06. The Morgan fingerprint density at radius 3 is 2.41 bits per heavy atom. The van der Waals surface area contributed by atoms with E-state index in [1.165, 1.54) is 89.9 Å². The minimum absolute atomic E-state index is 0.160. The molecule has 3 fully saturated rings. The molecule has 0 aromatic carbocycles. The van der Waals surface area contributed by atoms with Crippen molar-refractivity contribution in [2.75, 3.05) is 0 Å². The predicted octanol–water partition coefficient (Wildman–Crippen LogP) is 10.3. The summed E-state index contributed by atoms with van der Waals surface area (Å²) in [6, 6.07) is 0. The molecule has 0 heterocycles. The van der Waals surface area contributed by atoms with Gasteiger partial charge in [0.05, 0.1) is 6.10 Å². The number of allylic oxidation sites excluding steroid dienone is 1. The molecule has 214 valence electrons. The lowest BCUT2D eigenvalue weighted by molar-refractivity contribution is -0.0796.